The van der Waals surface area contributed by atoms with Crippen LogP contribution in [-0.4, -0.2) is 62.0 Å². The van der Waals surface area contributed by atoms with E-state index in [0.29, 0.717) is 0 Å². The van der Waals surface area contributed by atoms with Gasteiger partial charge in [0.15, 0.2) is 0 Å². The van der Waals surface area contributed by atoms with Crippen LogP contribution >= 0.6 is 0 Å². The highest BCUT2D eigenvalue weighted by molar-refractivity contribution is 4.86. The number of hydrogen-bond acceptors (Lipinski definition) is 4. The second kappa shape index (κ2) is 10.5. The van der Waals surface area contributed by atoms with E-state index >= 15 is 0 Å². The molecule has 0 aromatic heterocycles. The van der Waals surface area contributed by atoms with E-state index in [1.807, 2.05) is 0 Å². The number of rotatable bonds is 11. The van der Waals surface area contributed by atoms with Gasteiger partial charge in [-0.2, -0.15) is 0 Å². The van der Waals surface area contributed by atoms with Crippen LogP contribution in [0.4, 0.5) is 0 Å². The first-order valence-electron chi connectivity index (χ1n) is 8.78. The first-order valence-corrected chi connectivity index (χ1v) is 8.78. The van der Waals surface area contributed by atoms with Gasteiger partial charge in [0.2, 0.25) is 0 Å². The third-order valence-electron chi connectivity index (χ3n) is 4.84. The van der Waals surface area contributed by atoms with Crippen LogP contribution in [0.25, 0.3) is 0 Å². The number of aliphatic hydroxyl groups excluding tert-OH is 1. The third-order valence-corrected chi connectivity index (χ3v) is 4.84. The highest BCUT2D eigenvalue weighted by atomic mass is 16.5. The second-order valence-electron chi connectivity index (χ2n) is 6.64. The Morgan fingerprint density at radius 2 is 2.00 bits per heavy atom. The van der Waals surface area contributed by atoms with Crippen LogP contribution in [-0.2, 0) is 4.74 Å². The number of ether oxygens (including phenoxy) is 1. The third kappa shape index (κ3) is 7.09. The molecule has 0 amide bonds. The van der Waals surface area contributed by atoms with Crippen molar-refractivity contribution >= 4 is 0 Å². The van der Waals surface area contributed by atoms with Crippen molar-refractivity contribution in [3.63, 3.8) is 0 Å². The Hall–Kier alpha value is -0.160. The van der Waals surface area contributed by atoms with Gasteiger partial charge in [0.1, 0.15) is 0 Å². The standard InChI is InChI=1S/C17H36N2O2/c1-4-10-18-17(5-2,15-20)9-6-11-19(3)14-16-7-12-21-13-8-16/h16,18,20H,4-15H2,1-3H3. The van der Waals surface area contributed by atoms with Crippen LogP contribution < -0.4 is 5.32 Å². The summed E-state index contributed by atoms with van der Waals surface area (Å²) in [5.41, 5.74) is -0.0739. The van der Waals surface area contributed by atoms with E-state index < -0.39 is 0 Å². The summed E-state index contributed by atoms with van der Waals surface area (Å²) >= 11 is 0. The molecule has 1 rings (SSSR count). The van der Waals surface area contributed by atoms with Crippen LogP contribution in [0.1, 0.15) is 52.4 Å². The van der Waals surface area contributed by atoms with Crippen LogP contribution in [0, 0.1) is 5.92 Å². The summed E-state index contributed by atoms with van der Waals surface area (Å²) in [5, 5.41) is 13.3. The fraction of sp³-hybridized carbons (Fsp3) is 1.00. The fourth-order valence-electron chi connectivity index (χ4n) is 3.18. The second-order valence-corrected chi connectivity index (χ2v) is 6.64. The van der Waals surface area contributed by atoms with E-state index in [1.165, 1.54) is 19.4 Å². The largest absolute Gasteiger partial charge is 0.394 e. The number of nitrogens with zero attached hydrogens (tertiary/aromatic N) is 1. The molecule has 1 atom stereocenters. The lowest BCUT2D eigenvalue weighted by Gasteiger charge is -2.33. The van der Waals surface area contributed by atoms with Gasteiger partial charge in [-0.15, -0.1) is 0 Å². The predicted molar refractivity (Wildman–Crippen MR) is 88.7 cm³/mol. The Labute approximate surface area is 131 Å². The van der Waals surface area contributed by atoms with E-state index in [0.717, 1.165) is 57.9 Å². The van der Waals surface area contributed by atoms with Gasteiger partial charge in [0.05, 0.1) is 6.61 Å². The van der Waals surface area contributed by atoms with Gasteiger partial charge in [-0.1, -0.05) is 13.8 Å². The molecule has 0 aliphatic carbocycles. The van der Waals surface area contributed by atoms with E-state index in [1.54, 1.807) is 0 Å². The normalized spacial score (nSPS) is 19.9. The predicted octanol–water partition coefficient (Wildman–Crippen LogP) is 2.27. The summed E-state index contributed by atoms with van der Waals surface area (Å²) in [7, 11) is 2.22. The summed E-state index contributed by atoms with van der Waals surface area (Å²) < 4.78 is 5.42. The Morgan fingerprint density at radius 3 is 2.57 bits per heavy atom. The quantitative estimate of drug-likeness (QED) is 0.614. The summed E-state index contributed by atoms with van der Waals surface area (Å²) in [6.07, 6.45) is 6.72. The van der Waals surface area contributed by atoms with Crippen molar-refractivity contribution in [1.82, 2.24) is 10.2 Å². The molecule has 1 heterocycles. The Kier molecular flexibility index (Phi) is 9.49. The first-order chi connectivity index (χ1) is 10.2. The molecule has 21 heavy (non-hydrogen) atoms. The number of nitrogens with one attached hydrogen (secondary N) is 1. The van der Waals surface area contributed by atoms with E-state index in [2.05, 4.69) is 31.1 Å². The topological polar surface area (TPSA) is 44.7 Å². The molecule has 0 aromatic rings. The lowest BCUT2D eigenvalue weighted by atomic mass is 9.90. The van der Waals surface area contributed by atoms with E-state index in [-0.39, 0.29) is 12.1 Å². The van der Waals surface area contributed by atoms with Gasteiger partial charge in [-0.05, 0) is 64.6 Å². The molecule has 126 valence electrons. The molecule has 1 fully saturated rings. The minimum absolute atomic E-state index is 0.0739. The molecule has 4 nitrogen and oxygen atoms in total. The maximum absolute atomic E-state index is 9.74. The summed E-state index contributed by atoms with van der Waals surface area (Å²) in [5.74, 6) is 0.802. The van der Waals surface area contributed by atoms with Gasteiger partial charge < -0.3 is 20.1 Å². The van der Waals surface area contributed by atoms with Crippen molar-refractivity contribution in [3.05, 3.63) is 0 Å². The monoisotopic (exact) mass is 300 g/mol. The first kappa shape index (κ1) is 18.9. The van der Waals surface area contributed by atoms with Gasteiger partial charge in [-0.25, -0.2) is 0 Å². The van der Waals surface area contributed by atoms with Crippen molar-refractivity contribution in [2.75, 3.05) is 46.5 Å². The average molecular weight is 300 g/mol. The van der Waals surface area contributed by atoms with Crippen LogP contribution in [0.5, 0.6) is 0 Å². The van der Waals surface area contributed by atoms with Gasteiger partial charge in [0, 0.05) is 25.3 Å². The van der Waals surface area contributed by atoms with E-state index in [9.17, 15) is 5.11 Å². The van der Waals surface area contributed by atoms with Crippen LogP contribution in [0.2, 0.25) is 0 Å². The highest BCUT2D eigenvalue weighted by Crippen LogP contribution is 2.19. The lowest BCUT2D eigenvalue weighted by Crippen LogP contribution is -2.48. The van der Waals surface area contributed by atoms with Crippen molar-refractivity contribution < 1.29 is 9.84 Å². The molecule has 0 radical (unpaired) electrons. The molecule has 4 heteroatoms. The molecular weight excluding hydrogens is 264 g/mol. The molecular formula is C17H36N2O2. The van der Waals surface area contributed by atoms with Gasteiger partial charge in [0.25, 0.3) is 0 Å². The minimum atomic E-state index is -0.0739. The highest BCUT2D eigenvalue weighted by Gasteiger charge is 2.26. The fourth-order valence-corrected chi connectivity index (χ4v) is 3.18. The van der Waals surface area contributed by atoms with Crippen LogP contribution in [0.15, 0.2) is 0 Å². The molecule has 2 N–H and O–H groups in total. The van der Waals surface area contributed by atoms with Gasteiger partial charge >= 0.3 is 0 Å². The molecule has 1 unspecified atom stereocenters. The minimum Gasteiger partial charge on any atom is -0.394 e. The molecule has 0 aromatic carbocycles. The summed E-state index contributed by atoms with van der Waals surface area (Å²) in [4.78, 5) is 2.45. The molecule has 0 bridgehead atoms. The molecule has 0 saturated carbocycles. The number of aliphatic hydroxyl groups is 1. The maximum Gasteiger partial charge on any atom is 0.0613 e. The molecule has 1 aliphatic heterocycles. The van der Waals surface area contributed by atoms with Crippen LogP contribution in [0.3, 0.4) is 0 Å². The Morgan fingerprint density at radius 1 is 1.29 bits per heavy atom. The smallest absolute Gasteiger partial charge is 0.0613 e. The average Bonchev–Trinajstić information content (AvgIpc) is 2.52. The SMILES string of the molecule is CCCNC(CC)(CO)CCCN(C)CC1CCOCC1. The molecule has 1 saturated heterocycles. The lowest BCUT2D eigenvalue weighted by molar-refractivity contribution is 0.0549. The zero-order valence-corrected chi connectivity index (χ0v) is 14.4. The Bertz CT molecular complexity index is 251. The number of hydrogen-bond donors (Lipinski definition) is 2. The molecule has 1 aliphatic rings. The summed E-state index contributed by atoms with van der Waals surface area (Å²) in [6, 6.07) is 0. The van der Waals surface area contributed by atoms with Gasteiger partial charge in [-0.3, -0.25) is 0 Å². The van der Waals surface area contributed by atoms with Crippen molar-refractivity contribution in [1.29, 1.82) is 0 Å². The molecule has 0 spiro atoms. The van der Waals surface area contributed by atoms with E-state index in [4.69, 9.17) is 4.74 Å². The van der Waals surface area contributed by atoms with Crippen molar-refractivity contribution in [2.45, 2.75) is 57.9 Å². The van der Waals surface area contributed by atoms with Crippen molar-refractivity contribution in [2.24, 2.45) is 5.92 Å². The zero-order chi connectivity index (χ0) is 15.6. The zero-order valence-electron chi connectivity index (χ0n) is 14.4. The Balaban J connectivity index is 2.25. The maximum atomic E-state index is 9.74. The van der Waals surface area contributed by atoms with Crippen molar-refractivity contribution in [3.8, 4) is 0 Å². The summed E-state index contributed by atoms with van der Waals surface area (Å²) in [6.45, 7) is 9.75.